The van der Waals surface area contributed by atoms with Crippen molar-refractivity contribution in [2.24, 2.45) is 0 Å². The van der Waals surface area contributed by atoms with Gasteiger partial charge in [0.05, 0.1) is 19.3 Å². The van der Waals surface area contributed by atoms with Gasteiger partial charge in [0.25, 0.3) is 0 Å². The Hall–Kier alpha value is -2.43. The highest BCUT2D eigenvalue weighted by molar-refractivity contribution is 5.80. The largest absolute Gasteiger partial charge is 0.466 e. The number of carbonyl (C=O) groups excluding carboxylic acids is 2. The van der Waals surface area contributed by atoms with E-state index in [9.17, 15) is 9.59 Å². The molecule has 25 heavy (non-hydrogen) atoms. The Morgan fingerprint density at radius 2 is 1.88 bits per heavy atom. The summed E-state index contributed by atoms with van der Waals surface area (Å²) in [5, 5.41) is 0. The molecule has 134 valence electrons. The zero-order valence-corrected chi connectivity index (χ0v) is 15.3. The number of benzene rings is 1. The number of nitrogens with zero attached hydrogens (tertiary/aromatic N) is 2. The first kappa shape index (κ1) is 18.9. The Kier molecular flexibility index (Phi) is 6.92. The summed E-state index contributed by atoms with van der Waals surface area (Å²) in [5.74, 6) is 0.0000493. The predicted octanol–water partition coefficient (Wildman–Crippen LogP) is 2.55. The second-order valence-electron chi connectivity index (χ2n) is 6.25. The summed E-state index contributed by atoms with van der Waals surface area (Å²) in [6.07, 6.45) is 5.35. The molecule has 0 bridgehead atoms. The summed E-state index contributed by atoms with van der Waals surface area (Å²) >= 11 is 0. The van der Waals surface area contributed by atoms with Crippen molar-refractivity contribution in [1.82, 2.24) is 4.68 Å². The van der Waals surface area contributed by atoms with Crippen LogP contribution < -0.4 is 4.68 Å². The van der Waals surface area contributed by atoms with E-state index in [0.29, 0.717) is 39.0 Å². The fourth-order valence-corrected chi connectivity index (χ4v) is 2.94. The van der Waals surface area contributed by atoms with Crippen molar-refractivity contribution in [3.63, 3.8) is 0 Å². The van der Waals surface area contributed by atoms with E-state index in [2.05, 4.69) is 0 Å². The van der Waals surface area contributed by atoms with E-state index in [4.69, 9.17) is 4.74 Å². The summed E-state index contributed by atoms with van der Waals surface area (Å²) in [5.41, 5.74) is 3.43. The molecule has 0 saturated carbocycles. The third-order valence-electron chi connectivity index (χ3n) is 4.28. The number of carbonyl (C=O) groups is 2. The third-order valence-corrected chi connectivity index (χ3v) is 4.28. The van der Waals surface area contributed by atoms with Gasteiger partial charge in [0.15, 0.2) is 6.20 Å². The molecule has 1 heterocycles. The van der Waals surface area contributed by atoms with Crippen LogP contribution in [0.3, 0.4) is 0 Å². The van der Waals surface area contributed by atoms with E-state index in [0.717, 1.165) is 16.7 Å². The van der Waals surface area contributed by atoms with Gasteiger partial charge in [0.2, 0.25) is 12.3 Å². The first-order chi connectivity index (χ1) is 12.0. The van der Waals surface area contributed by atoms with Crippen LogP contribution in [0.1, 0.15) is 36.5 Å². The summed E-state index contributed by atoms with van der Waals surface area (Å²) in [4.78, 5) is 23.9. The molecule has 2 rings (SSSR count). The van der Waals surface area contributed by atoms with Crippen LogP contribution in [-0.4, -0.2) is 23.0 Å². The van der Waals surface area contributed by atoms with Crippen molar-refractivity contribution in [3.8, 4) is 0 Å². The SMILES string of the molecule is CCOC(=O)CCCn1ccc[n+]1CC(=O)Cc1c(C)cccc1C. The zero-order valence-electron chi connectivity index (χ0n) is 15.3. The van der Waals surface area contributed by atoms with Crippen molar-refractivity contribution in [2.75, 3.05) is 6.61 Å². The minimum Gasteiger partial charge on any atom is -0.466 e. The van der Waals surface area contributed by atoms with Crippen LogP contribution in [-0.2, 0) is 33.8 Å². The molecular formula is C20H27N2O3+. The Morgan fingerprint density at radius 1 is 1.16 bits per heavy atom. The van der Waals surface area contributed by atoms with Crippen LogP contribution in [0.15, 0.2) is 36.7 Å². The molecule has 0 radical (unpaired) electrons. The zero-order chi connectivity index (χ0) is 18.2. The molecule has 0 aliphatic carbocycles. The quantitative estimate of drug-likeness (QED) is 0.519. The first-order valence-corrected chi connectivity index (χ1v) is 8.78. The van der Waals surface area contributed by atoms with Crippen molar-refractivity contribution >= 4 is 11.8 Å². The van der Waals surface area contributed by atoms with Crippen LogP contribution in [0, 0.1) is 13.8 Å². The normalized spacial score (nSPS) is 10.7. The highest BCUT2D eigenvalue weighted by Crippen LogP contribution is 2.14. The Morgan fingerprint density at radius 3 is 2.56 bits per heavy atom. The van der Waals surface area contributed by atoms with Gasteiger partial charge in [-0.1, -0.05) is 18.2 Å². The summed E-state index contributed by atoms with van der Waals surface area (Å²) in [6.45, 7) is 7.32. The Labute approximate surface area is 149 Å². The van der Waals surface area contributed by atoms with Crippen molar-refractivity contribution in [2.45, 2.75) is 53.1 Å². The van der Waals surface area contributed by atoms with Gasteiger partial charge in [-0.2, -0.15) is 4.68 Å². The highest BCUT2D eigenvalue weighted by Gasteiger charge is 2.16. The van der Waals surface area contributed by atoms with Crippen molar-refractivity contribution in [1.29, 1.82) is 0 Å². The molecule has 0 aliphatic rings. The van der Waals surface area contributed by atoms with Crippen LogP contribution in [0.5, 0.6) is 0 Å². The number of ether oxygens (including phenoxy) is 1. The molecule has 2 aromatic rings. The Balaban J connectivity index is 1.91. The molecule has 5 nitrogen and oxygen atoms in total. The molecule has 0 atom stereocenters. The molecule has 0 aliphatic heterocycles. The van der Waals surface area contributed by atoms with Crippen molar-refractivity contribution in [3.05, 3.63) is 53.3 Å². The lowest BCUT2D eigenvalue weighted by molar-refractivity contribution is -0.764. The average molecular weight is 343 g/mol. The van der Waals surface area contributed by atoms with Crippen LogP contribution in [0.25, 0.3) is 0 Å². The highest BCUT2D eigenvalue weighted by atomic mass is 16.5. The van der Waals surface area contributed by atoms with E-state index >= 15 is 0 Å². The number of aromatic nitrogens is 2. The number of aryl methyl sites for hydroxylation is 3. The fraction of sp³-hybridized carbons (Fsp3) is 0.450. The van der Waals surface area contributed by atoms with E-state index in [1.165, 1.54) is 0 Å². The lowest BCUT2D eigenvalue weighted by Crippen LogP contribution is -2.46. The van der Waals surface area contributed by atoms with Crippen LogP contribution in [0.4, 0.5) is 0 Å². The van der Waals surface area contributed by atoms with Gasteiger partial charge in [-0.3, -0.25) is 9.59 Å². The van der Waals surface area contributed by atoms with Crippen LogP contribution >= 0.6 is 0 Å². The molecule has 5 heteroatoms. The number of Topliss-reactive ketones (excluding diaryl/α,β-unsaturated/α-hetero) is 1. The fourth-order valence-electron chi connectivity index (χ4n) is 2.94. The topological polar surface area (TPSA) is 52.2 Å². The van der Waals surface area contributed by atoms with Crippen LogP contribution in [0.2, 0.25) is 0 Å². The molecule has 0 unspecified atom stereocenters. The molecule has 0 saturated heterocycles. The molecule has 1 aromatic carbocycles. The molecule has 0 N–H and O–H groups in total. The molecule has 0 fully saturated rings. The average Bonchev–Trinajstić information content (AvgIpc) is 2.98. The number of ketones is 1. The summed E-state index contributed by atoms with van der Waals surface area (Å²) in [6, 6.07) is 8.01. The van der Waals surface area contributed by atoms with Gasteiger partial charge in [-0.15, -0.1) is 4.68 Å². The molecule has 1 aromatic heterocycles. The van der Waals surface area contributed by atoms with Gasteiger partial charge in [0.1, 0.15) is 0 Å². The molecule has 0 spiro atoms. The minimum absolute atomic E-state index is 0.174. The van der Waals surface area contributed by atoms with Gasteiger partial charge >= 0.3 is 5.97 Å². The van der Waals surface area contributed by atoms with Crippen molar-refractivity contribution < 1.29 is 19.0 Å². The predicted molar refractivity (Wildman–Crippen MR) is 95.1 cm³/mol. The van der Waals surface area contributed by atoms with E-state index in [-0.39, 0.29) is 11.8 Å². The van der Waals surface area contributed by atoms with E-state index < -0.39 is 0 Å². The van der Waals surface area contributed by atoms with E-state index in [1.54, 1.807) is 6.92 Å². The number of hydrogen-bond donors (Lipinski definition) is 0. The van der Waals surface area contributed by atoms with E-state index in [1.807, 2.05) is 59.9 Å². The second kappa shape index (κ2) is 9.16. The van der Waals surface area contributed by atoms with Gasteiger partial charge in [-0.05, 0) is 43.9 Å². The number of hydrogen-bond acceptors (Lipinski definition) is 3. The lowest BCUT2D eigenvalue weighted by Gasteiger charge is -2.08. The monoisotopic (exact) mass is 343 g/mol. The van der Waals surface area contributed by atoms with Gasteiger partial charge in [-0.25, -0.2) is 0 Å². The Bertz CT molecular complexity index is 714. The number of rotatable bonds is 9. The second-order valence-corrected chi connectivity index (χ2v) is 6.25. The molecular weight excluding hydrogens is 316 g/mol. The standard InChI is InChI=1S/C20H27N2O3/c1-4-25-20(24)10-6-11-21-12-7-13-22(21)15-18(23)14-19-16(2)8-5-9-17(19)3/h5,7-9,12-13H,4,6,10-11,14-15H2,1-3H3/q+1. The third kappa shape index (κ3) is 5.55. The summed E-state index contributed by atoms with van der Waals surface area (Å²) < 4.78 is 8.81. The molecule has 0 amide bonds. The lowest BCUT2D eigenvalue weighted by atomic mass is 9.98. The first-order valence-electron chi connectivity index (χ1n) is 8.78. The summed E-state index contributed by atoms with van der Waals surface area (Å²) in [7, 11) is 0. The minimum atomic E-state index is -0.174. The number of esters is 1. The maximum Gasteiger partial charge on any atom is 0.305 e. The maximum atomic E-state index is 12.5. The van der Waals surface area contributed by atoms with Gasteiger partial charge < -0.3 is 4.74 Å². The van der Waals surface area contributed by atoms with Gasteiger partial charge in [0, 0.05) is 18.9 Å². The maximum absolute atomic E-state index is 12.5. The smallest absolute Gasteiger partial charge is 0.305 e.